The van der Waals surface area contributed by atoms with Crippen LogP contribution in [0.1, 0.15) is 155 Å². The Labute approximate surface area is 339 Å². The highest BCUT2D eigenvalue weighted by molar-refractivity contribution is 7.47. The number of hydrogen-bond donors (Lipinski definition) is 2. The molecule has 11 heteroatoms. The van der Waals surface area contributed by atoms with Gasteiger partial charge in [-0.15, -0.1) is 0 Å². The molecule has 4 atom stereocenters. The summed E-state index contributed by atoms with van der Waals surface area (Å²) in [7, 11) is -4.40. The van der Waals surface area contributed by atoms with Gasteiger partial charge < -0.3 is 24.8 Å². The van der Waals surface area contributed by atoms with Crippen molar-refractivity contribution in [2.45, 2.75) is 173 Å². The van der Waals surface area contributed by atoms with Crippen molar-refractivity contribution in [1.82, 2.24) is 0 Å². The number of esters is 2. The highest BCUT2D eigenvalue weighted by atomic mass is 31.2. The van der Waals surface area contributed by atoms with Crippen LogP contribution in [-0.2, 0) is 37.4 Å². The number of epoxide rings is 1. The minimum absolute atomic E-state index is 0.0374. The number of nitrogens with two attached hydrogens (primary N) is 1. The summed E-state index contributed by atoms with van der Waals surface area (Å²) < 4.78 is 38.3. The lowest BCUT2D eigenvalue weighted by molar-refractivity contribution is -0.161. The summed E-state index contributed by atoms with van der Waals surface area (Å²) in [5, 5.41) is 0. The Morgan fingerprint density at radius 2 is 1.18 bits per heavy atom. The van der Waals surface area contributed by atoms with Crippen molar-refractivity contribution in [3.05, 3.63) is 72.9 Å². The van der Waals surface area contributed by atoms with E-state index >= 15 is 0 Å². The third-order valence-electron chi connectivity index (χ3n) is 8.99. The number of carbonyl (C=O) groups is 2. The fraction of sp³-hybridized carbons (Fsp3) is 0.689. The number of phosphoric acid groups is 1. The molecule has 0 radical (unpaired) electrons. The van der Waals surface area contributed by atoms with Crippen LogP contribution in [0.2, 0.25) is 0 Å². The fourth-order valence-corrected chi connectivity index (χ4v) is 6.46. The molecule has 0 amide bonds. The molecular weight excluding hydrogens is 729 g/mol. The Balaban J connectivity index is 2.24. The molecule has 56 heavy (non-hydrogen) atoms. The lowest BCUT2D eigenvalue weighted by Gasteiger charge is -2.19. The Morgan fingerprint density at radius 3 is 1.79 bits per heavy atom. The number of carbonyl (C=O) groups excluding carboxylic acids is 2. The van der Waals surface area contributed by atoms with Crippen LogP contribution in [0.4, 0.5) is 0 Å². The van der Waals surface area contributed by atoms with Gasteiger partial charge in [0, 0.05) is 19.4 Å². The average molecular weight is 806 g/mol. The van der Waals surface area contributed by atoms with Gasteiger partial charge in [0.25, 0.3) is 0 Å². The molecule has 1 saturated heterocycles. The maximum Gasteiger partial charge on any atom is 0.472 e. The molecule has 0 saturated carbocycles. The van der Waals surface area contributed by atoms with E-state index in [1.807, 2.05) is 12.2 Å². The summed E-state index contributed by atoms with van der Waals surface area (Å²) in [4.78, 5) is 34.8. The van der Waals surface area contributed by atoms with Crippen LogP contribution in [0.25, 0.3) is 0 Å². The van der Waals surface area contributed by atoms with Crippen molar-refractivity contribution in [3.8, 4) is 0 Å². The Hall–Kier alpha value is -2.59. The maximum atomic E-state index is 12.6. The molecule has 10 nitrogen and oxygen atoms in total. The van der Waals surface area contributed by atoms with Crippen LogP contribution < -0.4 is 5.73 Å². The van der Waals surface area contributed by atoms with Gasteiger partial charge in [-0.1, -0.05) is 138 Å². The summed E-state index contributed by atoms with van der Waals surface area (Å²) in [6, 6.07) is 0. The molecule has 0 aliphatic carbocycles. The van der Waals surface area contributed by atoms with Gasteiger partial charge in [-0.25, -0.2) is 4.57 Å². The van der Waals surface area contributed by atoms with E-state index in [0.29, 0.717) is 25.0 Å². The van der Waals surface area contributed by atoms with Crippen LogP contribution in [0.5, 0.6) is 0 Å². The Morgan fingerprint density at radius 1 is 0.643 bits per heavy atom. The highest BCUT2D eigenvalue weighted by Crippen LogP contribution is 2.43. The van der Waals surface area contributed by atoms with E-state index in [1.54, 1.807) is 0 Å². The Bertz CT molecular complexity index is 1210. The van der Waals surface area contributed by atoms with Crippen LogP contribution in [0.3, 0.4) is 0 Å². The lowest BCUT2D eigenvalue weighted by atomic mass is 10.1. The standard InChI is InChI=1S/C45H76NO9P/c1-3-5-7-8-9-10-11-12-13-14-19-22-25-28-32-36-45(48)54-41(40-53-56(49,50)52-38-37-46)39-51-44(47)35-31-27-24-21-18-16-15-17-20-23-26-30-34-43-42(55-43)33-29-6-4-2/h6,12-13,16-18,20,24,26-27,29-30,41-43H,3-5,7-11,14-15,19,21-23,25,28,31-40,46H2,1-2H3,(H,49,50)/b13-12-,18-16-,20-17-,27-24-,29-6-,30-26-/t41-,42?,43?/m1/s1. The molecule has 1 fully saturated rings. The first-order valence-corrected chi connectivity index (χ1v) is 23.0. The quantitative estimate of drug-likeness (QED) is 0.0203. The Kier molecular flexibility index (Phi) is 33.7. The van der Waals surface area contributed by atoms with Gasteiger partial charge in [0.2, 0.25) is 0 Å². The zero-order chi connectivity index (χ0) is 40.8. The number of unbranched alkanes of at least 4 members (excludes halogenated alkanes) is 11. The van der Waals surface area contributed by atoms with Crippen LogP contribution in [0.15, 0.2) is 72.9 Å². The van der Waals surface area contributed by atoms with Crippen molar-refractivity contribution in [2.75, 3.05) is 26.4 Å². The molecule has 0 aromatic carbocycles. The molecule has 3 unspecified atom stereocenters. The first-order chi connectivity index (χ1) is 27.3. The SMILES string of the molecule is CC/C=C\CC1OC1C/C=C\C/C=C\C/C=C\C/C=C\CCC(=O)OC[C@H](COP(=O)(O)OCCN)OC(=O)CCCCCCC/C=C\CCCCCCCC. The van der Waals surface area contributed by atoms with E-state index in [-0.39, 0.29) is 32.6 Å². The van der Waals surface area contributed by atoms with Crippen molar-refractivity contribution in [1.29, 1.82) is 0 Å². The molecule has 320 valence electrons. The van der Waals surface area contributed by atoms with E-state index in [2.05, 4.69) is 74.6 Å². The average Bonchev–Trinajstić information content (AvgIpc) is 3.94. The number of hydrogen-bond acceptors (Lipinski definition) is 9. The van der Waals surface area contributed by atoms with E-state index in [0.717, 1.165) is 70.6 Å². The summed E-state index contributed by atoms with van der Waals surface area (Å²) in [6.07, 6.45) is 47.0. The minimum Gasteiger partial charge on any atom is -0.462 e. The van der Waals surface area contributed by atoms with E-state index in [1.165, 1.54) is 44.9 Å². The molecule has 3 N–H and O–H groups in total. The number of ether oxygens (including phenoxy) is 3. The van der Waals surface area contributed by atoms with Gasteiger partial charge in [0.15, 0.2) is 6.10 Å². The van der Waals surface area contributed by atoms with Gasteiger partial charge in [-0.2, -0.15) is 0 Å². The highest BCUT2D eigenvalue weighted by Gasteiger charge is 2.36. The number of rotatable bonds is 38. The second-order valence-corrected chi connectivity index (χ2v) is 15.7. The molecule has 1 heterocycles. The summed E-state index contributed by atoms with van der Waals surface area (Å²) >= 11 is 0. The van der Waals surface area contributed by atoms with Gasteiger partial charge in [-0.3, -0.25) is 18.6 Å². The predicted octanol–water partition coefficient (Wildman–Crippen LogP) is 11.3. The minimum atomic E-state index is -4.40. The molecule has 1 aliphatic rings. The summed E-state index contributed by atoms with van der Waals surface area (Å²) in [5.74, 6) is -0.947. The lowest BCUT2D eigenvalue weighted by Crippen LogP contribution is -2.29. The van der Waals surface area contributed by atoms with Crippen molar-refractivity contribution in [2.24, 2.45) is 5.73 Å². The topological polar surface area (TPSA) is 147 Å². The molecular formula is C45H76NO9P. The van der Waals surface area contributed by atoms with E-state index < -0.39 is 32.5 Å². The van der Waals surface area contributed by atoms with Crippen molar-refractivity contribution >= 4 is 19.8 Å². The third kappa shape index (κ3) is 33.5. The third-order valence-corrected chi connectivity index (χ3v) is 9.98. The summed E-state index contributed by atoms with van der Waals surface area (Å²) in [6.45, 7) is 3.49. The van der Waals surface area contributed by atoms with Gasteiger partial charge in [0.1, 0.15) is 6.61 Å². The largest absolute Gasteiger partial charge is 0.472 e. The number of allylic oxidation sites excluding steroid dienone is 10. The number of phosphoric ester groups is 1. The smallest absolute Gasteiger partial charge is 0.462 e. The predicted molar refractivity (Wildman–Crippen MR) is 228 cm³/mol. The molecule has 0 aromatic heterocycles. The molecule has 0 spiro atoms. The van der Waals surface area contributed by atoms with Crippen molar-refractivity contribution in [3.63, 3.8) is 0 Å². The zero-order valence-electron chi connectivity index (χ0n) is 34.8. The normalized spacial score (nSPS) is 17.6. The van der Waals surface area contributed by atoms with E-state index in [9.17, 15) is 19.0 Å². The molecule has 1 rings (SSSR count). The zero-order valence-corrected chi connectivity index (χ0v) is 35.7. The second-order valence-electron chi connectivity index (χ2n) is 14.2. The molecule has 0 aromatic rings. The molecule has 1 aliphatic heterocycles. The first-order valence-electron chi connectivity index (χ1n) is 21.5. The van der Waals surface area contributed by atoms with Crippen LogP contribution >= 0.6 is 7.82 Å². The summed E-state index contributed by atoms with van der Waals surface area (Å²) in [5.41, 5.74) is 5.34. The van der Waals surface area contributed by atoms with Gasteiger partial charge in [-0.05, 0) is 77.0 Å². The fourth-order valence-electron chi connectivity index (χ4n) is 5.70. The second kappa shape index (κ2) is 36.7. The van der Waals surface area contributed by atoms with Crippen LogP contribution in [-0.4, -0.2) is 61.5 Å². The van der Waals surface area contributed by atoms with Gasteiger partial charge >= 0.3 is 19.8 Å². The van der Waals surface area contributed by atoms with Crippen LogP contribution in [0, 0.1) is 0 Å². The first kappa shape index (κ1) is 51.4. The maximum absolute atomic E-state index is 12.6. The molecule has 0 bridgehead atoms. The van der Waals surface area contributed by atoms with Crippen molar-refractivity contribution < 1.29 is 42.3 Å². The van der Waals surface area contributed by atoms with Gasteiger partial charge in [0.05, 0.1) is 25.4 Å². The monoisotopic (exact) mass is 806 g/mol. The van der Waals surface area contributed by atoms with E-state index in [4.69, 9.17) is 29.0 Å².